The molecule has 174 valence electrons. The van der Waals surface area contributed by atoms with Crippen LogP contribution < -0.4 is 5.32 Å². The summed E-state index contributed by atoms with van der Waals surface area (Å²) in [5.41, 5.74) is 2.02. The Morgan fingerprint density at radius 2 is 1.75 bits per heavy atom. The van der Waals surface area contributed by atoms with Crippen LogP contribution in [0.1, 0.15) is 31.9 Å². The third kappa shape index (κ3) is 5.14. The Balaban J connectivity index is 1.78. The lowest BCUT2D eigenvalue weighted by molar-refractivity contribution is 0.285. The second-order valence-corrected chi connectivity index (χ2v) is 16.3. The van der Waals surface area contributed by atoms with E-state index in [-0.39, 0.29) is 9.93 Å². The summed E-state index contributed by atoms with van der Waals surface area (Å²) in [5.74, 6) is -0.467. The van der Waals surface area contributed by atoms with Gasteiger partial charge < -0.3 is 9.74 Å². The number of nitrogens with one attached hydrogen (secondary N) is 1. The summed E-state index contributed by atoms with van der Waals surface area (Å²) in [6, 6.07) is 11.1. The largest absolute Gasteiger partial charge is 0.416 e. The first-order valence-corrected chi connectivity index (χ1v) is 15.1. The molecular formula is C24H33FN2O3SSi. The summed E-state index contributed by atoms with van der Waals surface area (Å²) in [6.45, 7) is 14.5. The van der Waals surface area contributed by atoms with E-state index in [4.69, 9.17) is 4.43 Å². The number of fused-ring (bicyclic) bond motifs is 1. The molecule has 0 aliphatic rings. The summed E-state index contributed by atoms with van der Waals surface area (Å²) < 4.78 is 48.0. The minimum atomic E-state index is -3.82. The molecule has 8 heteroatoms. The van der Waals surface area contributed by atoms with Crippen LogP contribution >= 0.6 is 0 Å². The summed E-state index contributed by atoms with van der Waals surface area (Å²) in [6.07, 6.45) is 1.49. The van der Waals surface area contributed by atoms with Gasteiger partial charge in [-0.15, -0.1) is 0 Å². The molecule has 0 saturated carbocycles. The standard InChI is InChI=1S/C24H33FN2O3SSi/c1-18-7-9-21(10-8-18)31(28,29)27-13-11-22-19(15-20(25)16-23(22)27)17-26-12-14-30-32(5,6)24(2,3)4/h7-11,13,15-16,26H,12,14,17H2,1-6H3. The van der Waals surface area contributed by atoms with Gasteiger partial charge in [0.25, 0.3) is 10.0 Å². The molecule has 0 atom stereocenters. The van der Waals surface area contributed by atoms with E-state index >= 15 is 0 Å². The number of aryl methyl sites for hydroxylation is 1. The van der Waals surface area contributed by atoms with Gasteiger partial charge in [0, 0.05) is 31.3 Å². The van der Waals surface area contributed by atoms with Gasteiger partial charge in [-0.2, -0.15) is 0 Å². The van der Waals surface area contributed by atoms with Crippen molar-refractivity contribution in [2.45, 2.75) is 57.3 Å². The highest BCUT2D eigenvalue weighted by Crippen LogP contribution is 2.36. The molecule has 3 rings (SSSR count). The van der Waals surface area contributed by atoms with Crippen molar-refractivity contribution in [1.82, 2.24) is 9.29 Å². The smallest absolute Gasteiger partial charge is 0.268 e. The molecule has 0 unspecified atom stereocenters. The third-order valence-electron chi connectivity index (χ3n) is 6.26. The summed E-state index contributed by atoms with van der Waals surface area (Å²) >= 11 is 0. The highest BCUT2D eigenvalue weighted by molar-refractivity contribution is 7.90. The van der Waals surface area contributed by atoms with Gasteiger partial charge >= 0.3 is 0 Å². The number of halogens is 1. The number of hydrogen-bond donors (Lipinski definition) is 1. The number of benzene rings is 2. The van der Waals surface area contributed by atoms with E-state index in [1.54, 1.807) is 30.3 Å². The predicted molar refractivity (Wildman–Crippen MR) is 131 cm³/mol. The van der Waals surface area contributed by atoms with Crippen LogP contribution in [-0.4, -0.2) is 33.9 Å². The Bertz CT molecular complexity index is 1200. The van der Waals surface area contributed by atoms with E-state index in [1.807, 2.05) is 6.92 Å². The first-order chi connectivity index (χ1) is 14.8. The number of nitrogens with zero attached hydrogens (tertiary/aromatic N) is 1. The van der Waals surface area contributed by atoms with Crippen molar-refractivity contribution in [2.24, 2.45) is 0 Å². The maximum Gasteiger partial charge on any atom is 0.268 e. The van der Waals surface area contributed by atoms with Gasteiger partial charge in [0.1, 0.15) is 5.82 Å². The Morgan fingerprint density at radius 3 is 2.38 bits per heavy atom. The first kappa shape index (κ1) is 24.6. The monoisotopic (exact) mass is 476 g/mol. The molecule has 0 fully saturated rings. The van der Waals surface area contributed by atoms with Crippen molar-refractivity contribution in [2.75, 3.05) is 13.2 Å². The SMILES string of the molecule is Cc1ccc(S(=O)(=O)n2ccc3c(CNCCO[Si](C)(C)C(C)(C)C)cc(F)cc32)cc1. The van der Waals surface area contributed by atoms with Crippen LogP contribution in [0.3, 0.4) is 0 Å². The maximum atomic E-state index is 14.4. The minimum Gasteiger partial charge on any atom is -0.416 e. The van der Waals surface area contributed by atoms with Crippen molar-refractivity contribution in [3.63, 3.8) is 0 Å². The maximum absolute atomic E-state index is 14.4. The van der Waals surface area contributed by atoms with Crippen molar-refractivity contribution in [3.05, 3.63) is 65.6 Å². The number of aromatic nitrogens is 1. The second kappa shape index (κ2) is 9.09. The van der Waals surface area contributed by atoms with Crippen molar-refractivity contribution >= 4 is 29.2 Å². The molecule has 3 aromatic rings. The van der Waals surface area contributed by atoms with Gasteiger partial charge in [-0.05, 0) is 61.0 Å². The molecule has 0 aliphatic carbocycles. The molecule has 0 spiro atoms. The van der Waals surface area contributed by atoms with Gasteiger partial charge in [-0.3, -0.25) is 0 Å². The Morgan fingerprint density at radius 1 is 1.09 bits per heavy atom. The summed E-state index contributed by atoms with van der Waals surface area (Å²) in [4.78, 5) is 0.173. The highest BCUT2D eigenvalue weighted by atomic mass is 32.2. The van der Waals surface area contributed by atoms with Gasteiger partial charge in [0.05, 0.1) is 10.4 Å². The molecule has 0 aliphatic heterocycles. The fourth-order valence-corrected chi connectivity index (χ4v) is 5.64. The average molecular weight is 477 g/mol. The van der Waals surface area contributed by atoms with Crippen LogP contribution in [0.4, 0.5) is 4.39 Å². The van der Waals surface area contributed by atoms with Gasteiger partial charge in [0.2, 0.25) is 0 Å². The second-order valence-electron chi connectivity index (χ2n) is 9.71. The van der Waals surface area contributed by atoms with Gasteiger partial charge in [0.15, 0.2) is 8.32 Å². The lowest BCUT2D eigenvalue weighted by atomic mass is 10.1. The molecular weight excluding hydrogens is 443 g/mol. The zero-order valence-electron chi connectivity index (χ0n) is 19.7. The van der Waals surface area contributed by atoms with Crippen LogP contribution in [0.25, 0.3) is 10.9 Å². The molecule has 32 heavy (non-hydrogen) atoms. The molecule has 0 amide bonds. The van der Waals surface area contributed by atoms with Gasteiger partial charge in [-0.1, -0.05) is 38.5 Å². The Kier molecular flexibility index (Phi) is 7.00. The van der Waals surface area contributed by atoms with E-state index < -0.39 is 24.2 Å². The van der Waals surface area contributed by atoms with E-state index in [2.05, 4.69) is 39.2 Å². The van der Waals surface area contributed by atoms with E-state index in [0.29, 0.717) is 36.2 Å². The number of hydrogen-bond acceptors (Lipinski definition) is 4. The lowest BCUT2D eigenvalue weighted by Crippen LogP contribution is -2.42. The average Bonchev–Trinajstić information content (AvgIpc) is 3.11. The van der Waals surface area contributed by atoms with Crippen LogP contribution in [0.5, 0.6) is 0 Å². The molecule has 1 N–H and O–H groups in total. The fraction of sp³-hybridized carbons (Fsp3) is 0.417. The highest BCUT2D eigenvalue weighted by Gasteiger charge is 2.36. The topological polar surface area (TPSA) is 60.3 Å². The minimum absolute atomic E-state index is 0.146. The van der Waals surface area contributed by atoms with Crippen molar-refractivity contribution in [1.29, 1.82) is 0 Å². The third-order valence-corrected chi connectivity index (χ3v) is 12.5. The summed E-state index contributed by atoms with van der Waals surface area (Å²) in [7, 11) is -5.63. The first-order valence-electron chi connectivity index (χ1n) is 10.8. The lowest BCUT2D eigenvalue weighted by Gasteiger charge is -2.36. The Hall–Kier alpha value is -2.00. The fourth-order valence-electron chi connectivity index (χ4n) is 3.25. The van der Waals surface area contributed by atoms with Crippen LogP contribution in [0, 0.1) is 12.7 Å². The summed E-state index contributed by atoms with van der Waals surface area (Å²) in [5, 5.41) is 4.16. The van der Waals surface area contributed by atoms with Crippen molar-refractivity contribution < 1.29 is 17.2 Å². The van der Waals surface area contributed by atoms with Crippen LogP contribution in [0.2, 0.25) is 18.1 Å². The Labute approximate surface area is 191 Å². The van der Waals surface area contributed by atoms with E-state index in [1.165, 1.54) is 18.3 Å². The molecule has 0 bridgehead atoms. The molecule has 0 saturated heterocycles. The van der Waals surface area contributed by atoms with E-state index in [9.17, 15) is 12.8 Å². The van der Waals surface area contributed by atoms with Crippen molar-refractivity contribution in [3.8, 4) is 0 Å². The molecule has 1 heterocycles. The molecule has 2 aromatic carbocycles. The van der Waals surface area contributed by atoms with Crippen LogP contribution in [-0.2, 0) is 21.0 Å². The predicted octanol–water partition coefficient (Wildman–Crippen LogP) is 5.44. The molecule has 5 nitrogen and oxygen atoms in total. The van der Waals surface area contributed by atoms with Gasteiger partial charge in [-0.25, -0.2) is 16.8 Å². The molecule has 1 aromatic heterocycles. The zero-order valence-corrected chi connectivity index (χ0v) is 21.5. The normalized spacial score (nSPS) is 13.1. The zero-order chi connectivity index (χ0) is 23.7. The molecule has 0 radical (unpaired) electrons. The number of rotatable bonds is 8. The van der Waals surface area contributed by atoms with Crippen LogP contribution in [0.15, 0.2) is 53.6 Å². The van der Waals surface area contributed by atoms with E-state index in [0.717, 1.165) is 9.54 Å². The quantitative estimate of drug-likeness (QED) is 0.348.